The van der Waals surface area contributed by atoms with Crippen molar-refractivity contribution in [1.29, 1.82) is 0 Å². The second-order valence-corrected chi connectivity index (χ2v) is 9.59. The molecule has 0 saturated carbocycles. The minimum atomic E-state index is -2.54. The smallest absolute Gasteiger partial charge is 0.200 e. The van der Waals surface area contributed by atoms with Gasteiger partial charge < -0.3 is 0 Å². The van der Waals surface area contributed by atoms with E-state index in [1.54, 1.807) is 0 Å². The maximum Gasteiger partial charge on any atom is 0.200 e. The highest BCUT2D eigenvalue weighted by atomic mass is 32.2. The van der Waals surface area contributed by atoms with E-state index in [2.05, 4.69) is 0 Å². The molecule has 0 fully saturated rings. The third kappa shape index (κ3) is 4.07. The summed E-state index contributed by atoms with van der Waals surface area (Å²) in [6.45, 7) is 5.66. The Labute approximate surface area is 181 Å². The van der Waals surface area contributed by atoms with Crippen molar-refractivity contribution in [3.05, 3.63) is 76.6 Å². The van der Waals surface area contributed by atoms with E-state index in [0.29, 0.717) is 4.90 Å². The number of rotatable bonds is 3. The van der Waals surface area contributed by atoms with E-state index < -0.39 is 69.0 Å². The van der Waals surface area contributed by atoms with Crippen molar-refractivity contribution in [2.24, 2.45) is 0 Å². The van der Waals surface area contributed by atoms with Crippen LogP contribution >= 0.6 is 11.8 Å². The standard InChI is InChI=1S/C22H13F9S/c1-22(2,3)32-9-6-4-8(5-7-9)10-11(14(24)18(28)17(27)13(10)23)12-15(25)19(29)21(31)20(30)16(12)26/h4-7H,1-3H3. The molecule has 0 amide bonds. The van der Waals surface area contributed by atoms with Crippen LogP contribution in [0.1, 0.15) is 20.8 Å². The van der Waals surface area contributed by atoms with Crippen LogP contribution in [0.4, 0.5) is 39.5 Å². The summed E-state index contributed by atoms with van der Waals surface area (Å²) in [7, 11) is 0. The zero-order valence-electron chi connectivity index (χ0n) is 16.6. The van der Waals surface area contributed by atoms with Gasteiger partial charge in [-0.1, -0.05) is 32.9 Å². The van der Waals surface area contributed by atoms with E-state index in [0.717, 1.165) is 12.1 Å². The molecular formula is C22H13F9S. The summed E-state index contributed by atoms with van der Waals surface area (Å²) >= 11 is 1.37. The van der Waals surface area contributed by atoms with E-state index in [-0.39, 0.29) is 10.3 Å². The van der Waals surface area contributed by atoms with Gasteiger partial charge in [0, 0.05) is 20.8 Å². The molecule has 0 aliphatic carbocycles. The van der Waals surface area contributed by atoms with E-state index >= 15 is 0 Å². The highest BCUT2D eigenvalue weighted by molar-refractivity contribution is 8.00. The molecule has 0 atom stereocenters. The molecule has 0 aliphatic heterocycles. The van der Waals surface area contributed by atoms with Crippen molar-refractivity contribution in [2.75, 3.05) is 0 Å². The van der Waals surface area contributed by atoms with Gasteiger partial charge in [-0.05, 0) is 17.7 Å². The third-order valence-electron chi connectivity index (χ3n) is 4.29. The minimum Gasteiger partial charge on any atom is -0.203 e. The summed E-state index contributed by atoms with van der Waals surface area (Å²) in [5, 5.41) is 0. The summed E-state index contributed by atoms with van der Waals surface area (Å²) in [4.78, 5) is 0.627. The lowest BCUT2D eigenvalue weighted by Gasteiger charge is -2.19. The maximum atomic E-state index is 14.7. The second kappa shape index (κ2) is 8.38. The fourth-order valence-corrected chi connectivity index (χ4v) is 3.98. The topological polar surface area (TPSA) is 0 Å². The first-order chi connectivity index (χ1) is 14.8. The molecule has 0 spiro atoms. The SMILES string of the molecule is CC(C)(C)Sc1ccc(-c2c(F)c(F)c(F)c(F)c2-c2c(F)c(F)c(F)c(F)c2F)cc1. The van der Waals surface area contributed by atoms with Gasteiger partial charge in [0.15, 0.2) is 46.5 Å². The second-order valence-electron chi connectivity index (χ2n) is 7.69. The molecule has 0 radical (unpaired) electrons. The molecule has 0 saturated heterocycles. The molecule has 0 unspecified atom stereocenters. The van der Waals surface area contributed by atoms with Crippen molar-refractivity contribution in [3.8, 4) is 22.3 Å². The van der Waals surface area contributed by atoms with Gasteiger partial charge in [-0.3, -0.25) is 0 Å². The van der Waals surface area contributed by atoms with Gasteiger partial charge in [0.05, 0.1) is 5.56 Å². The molecule has 32 heavy (non-hydrogen) atoms. The van der Waals surface area contributed by atoms with Crippen LogP contribution in [0, 0.1) is 52.4 Å². The summed E-state index contributed by atoms with van der Waals surface area (Å²) in [6.07, 6.45) is 0. The highest BCUT2D eigenvalue weighted by Gasteiger charge is 2.34. The third-order valence-corrected chi connectivity index (χ3v) is 5.41. The van der Waals surface area contributed by atoms with Gasteiger partial charge in [-0.25, -0.2) is 39.5 Å². The normalized spacial score (nSPS) is 11.9. The van der Waals surface area contributed by atoms with Crippen molar-refractivity contribution in [2.45, 2.75) is 30.4 Å². The van der Waals surface area contributed by atoms with E-state index in [1.165, 1.54) is 23.9 Å². The fraction of sp³-hybridized carbons (Fsp3) is 0.182. The minimum absolute atomic E-state index is 0.249. The number of thioether (sulfide) groups is 1. The van der Waals surface area contributed by atoms with Crippen molar-refractivity contribution >= 4 is 11.8 Å². The van der Waals surface area contributed by atoms with Crippen molar-refractivity contribution < 1.29 is 39.5 Å². The average Bonchev–Trinajstić information content (AvgIpc) is 2.73. The Hall–Kier alpha value is -2.62. The molecule has 3 rings (SSSR count). The number of halogens is 9. The van der Waals surface area contributed by atoms with Crippen LogP contribution in [0.2, 0.25) is 0 Å². The van der Waals surface area contributed by atoms with E-state index in [9.17, 15) is 39.5 Å². The molecule has 0 nitrogen and oxygen atoms in total. The Kier molecular flexibility index (Phi) is 6.29. The zero-order chi connectivity index (χ0) is 24.1. The number of hydrogen-bond acceptors (Lipinski definition) is 1. The van der Waals surface area contributed by atoms with Crippen LogP contribution in [0.3, 0.4) is 0 Å². The Morgan fingerprint density at radius 1 is 0.469 bits per heavy atom. The van der Waals surface area contributed by atoms with Crippen LogP contribution in [0.25, 0.3) is 22.3 Å². The lowest BCUT2D eigenvalue weighted by molar-refractivity contribution is 0.379. The molecule has 170 valence electrons. The predicted octanol–water partition coefficient (Wildman–Crippen LogP) is 8.16. The Bertz CT molecular complexity index is 1180. The Morgan fingerprint density at radius 3 is 1.22 bits per heavy atom. The average molecular weight is 480 g/mol. The van der Waals surface area contributed by atoms with Gasteiger partial charge in [0.25, 0.3) is 0 Å². The van der Waals surface area contributed by atoms with E-state index in [1.807, 2.05) is 20.8 Å². The van der Waals surface area contributed by atoms with Crippen molar-refractivity contribution in [1.82, 2.24) is 0 Å². The van der Waals surface area contributed by atoms with Crippen LogP contribution in [-0.2, 0) is 0 Å². The Morgan fingerprint density at radius 2 is 0.812 bits per heavy atom. The van der Waals surface area contributed by atoms with Gasteiger partial charge in [0.2, 0.25) is 5.82 Å². The first-order valence-corrected chi connectivity index (χ1v) is 9.75. The predicted molar refractivity (Wildman–Crippen MR) is 103 cm³/mol. The molecular weight excluding hydrogens is 467 g/mol. The quantitative estimate of drug-likeness (QED) is 0.158. The van der Waals surface area contributed by atoms with Gasteiger partial charge in [0.1, 0.15) is 0 Å². The van der Waals surface area contributed by atoms with E-state index in [4.69, 9.17) is 0 Å². The number of hydrogen-bond donors (Lipinski definition) is 0. The Balaban J connectivity index is 2.38. The lowest BCUT2D eigenvalue weighted by Crippen LogP contribution is -2.09. The summed E-state index contributed by atoms with van der Waals surface area (Å²) in [5.41, 5.74) is -5.13. The zero-order valence-corrected chi connectivity index (χ0v) is 17.4. The summed E-state index contributed by atoms with van der Waals surface area (Å²) in [6, 6.07) is 5.04. The van der Waals surface area contributed by atoms with Crippen LogP contribution in [0.5, 0.6) is 0 Å². The molecule has 3 aromatic rings. The number of benzene rings is 3. The molecule has 0 aromatic heterocycles. The summed E-state index contributed by atoms with van der Waals surface area (Å²) < 4.78 is 126. The summed E-state index contributed by atoms with van der Waals surface area (Å²) in [5.74, 6) is -21.6. The fourth-order valence-electron chi connectivity index (χ4n) is 3.01. The molecule has 3 aromatic carbocycles. The molecule has 0 N–H and O–H groups in total. The first kappa shape index (κ1) is 24.0. The van der Waals surface area contributed by atoms with Crippen LogP contribution < -0.4 is 0 Å². The molecule has 0 aliphatic rings. The van der Waals surface area contributed by atoms with Crippen LogP contribution in [0.15, 0.2) is 29.2 Å². The van der Waals surface area contributed by atoms with Gasteiger partial charge >= 0.3 is 0 Å². The molecule has 0 bridgehead atoms. The molecule has 10 heteroatoms. The maximum absolute atomic E-state index is 14.7. The van der Waals surface area contributed by atoms with Crippen LogP contribution in [-0.4, -0.2) is 4.75 Å². The lowest BCUT2D eigenvalue weighted by atomic mass is 9.92. The first-order valence-electron chi connectivity index (χ1n) is 8.93. The van der Waals surface area contributed by atoms with Gasteiger partial charge in [-0.15, -0.1) is 11.8 Å². The largest absolute Gasteiger partial charge is 0.203 e. The van der Waals surface area contributed by atoms with Gasteiger partial charge in [-0.2, -0.15) is 0 Å². The highest BCUT2D eigenvalue weighted by Crippen LogP contribution is 2.43. The monoisotopic (exact) mass is 480 g/mol. The van der Waals surface area contributed by atoms with Crippen molar-refractivity contribution in [3.63, 3.8) is 0 Å². The molecule has 0 heterocycles.